The van der Waals surface area contributed by atoms with Crippen molar-refractivity contribution >= 4 is 16.9 Å². The summed E-state index contributed by atoms with van der Waals surface area (Å²) in [6.07, 6.45) is -0.00269. The minimum absolute atomic E-state index is 0.0877. The Hall–Kier alpha value is -0.0600. The zero-order valence-electron chi connectivity index (χ0n) is 10.7. The van der Waals surface area contributed by atoms with Crippen molar-refractivity contribution in [3.8, 4) is 0 Å². The van der Waals surface area contributed by atoms with Gasteiger partial charge < -0.3 is 9.84 Å². The summed E-state index contributed by atoms with van der Waals surface area (Å²) in [4.78, 5) is 12.1. The molecule has 1 aliphatic rings. The highest BCUT2D eigenvalue weighted by Gasteiger charge is 2.42. The number of thioether (sulfide) groups is 1. The lowest BCUT2D eigenvalue weighted by Gasteiger charge is -2.40. The number of rotatable bonds is 1. The van der Waals surface area contributed by atoms with Gasteiger partial charge >= 0.3 is 0 Å². The first-order valence-electron chi connectivity index (χ1n) is 5.67. The second-order valence-corrected chi connectivity index (χ2v) is 7.72. The summed E-state index contributed by atoms with van der Waals surface area (Å²) in [5, 5.41) is 9.69. The largest absolute Gasteiger partial charge is 0.391 e. The molecule has 2 atom stereocenters. The monoisotopic (exact) mass is 246 g/mol. The number of aliphatic hydroxyl groups is 1. The van der Waals surface area contributed by atoms with E-state index in [1.807, 2.05) is 34.6 Å². The van der Waals surface area contributed by atoms with E-state index in [0.717, 1.165) is 0 Å². The fraction of sp³-hybridized carbons (Fsp3) is 0.917. The van der Waals surface area contributed by atoms with E-state index in [-0.39, 0.29) is 15.8 Å². The van der Waals surface area contributed by atoms with Crippen LogP contribution in [0.5, 0.6) is 0 Å². The maximum Gasteiger partial charge on any atom is 0.195 e. The van der Waals surface area contributed by atoms with E-state index in [2.05, 4.69) is 0 Å². The molecule has 1 saturated heterocycles. The van der Waals surface area contributed by atoms with Gasteiger partial charge in [-0.2, -0.15) is 0 Å². The van der Waals surface area contributed by atoms with Gasteiger partial charge in [-0.15, -0.1) is 0 Å². The Kier molecular flexibility index (Phi) is 4.08. The van der Waals surface area contributed by atoms with Gasteiger partial charge in [0.15, 0.2) is 5.12 Å². The Morgan fingerprint density at radius 1 is 1.44 bits per heavy atom. The van der Waals surface area contributed by atoms with E-state index >= 15 is 0 Å². The minimum Gasteiger partial charge on any atom is -0.391 e. The quantitative estimate of drug-likeness (QED) is 0.770. The second kappa shape index (κ2) is 4.67. The Balaban J connectivity index is 2.72. The molecule has 0 spiro atoms. The summed E-state index contributed by atoms with van der Waals surface area (Å²) in [7, 11) is 0. The first kappa shape index (κ1) is 14.0. The first-order chi connectivity index (χ1) is 7.12. The fourth-order valence-electron chi connectivity index (χ4n) is 1.79. The summed E-state index contributed by atoms with van der Waals surface area (Å²) in [5.74, 6) is -0.222. The lowest BCUT2D eigenvalue weighted by molar-refractivity contribution is -0.153. The van der Waals surface area contributed by atoms with Crippen molar-refractivity contribution in [2.24, 2.45) is 5.92 Å². The molecular formula is C12H22O3S. The van der Waals surface area contributed by atoms with Gasteiger partial charge in [0, 0.05) is 4.75 Å². The average molecular weight is 246 g/mol. The van der Waals surface area contributed by atoms with Gasteiger partial charge in [-0.3, -0.25) is 4.79 Å². The van der Waals surface area contributed by atoms with Crippen LogP contribution in [0.4, 0.5) is 0 Å². The molecule has 3 nitrogen and oxygen atoms in total. The third kappa shape index (κ3) is 3.75. The van der Waals surface area contributed by atoms with Crippen LogP contribution in [0.2, 0.25) is 0 Å². The van der Waals surface area contributed by atoms with Crippen LogP contribution in [0.15, 0.2) is 0 Å². The smallest absolute Gasteiger partial charge is 0.195 e. The van der Waals surface area contributed by atoms with E-state index in [9.17, 15) is 9.90 Å². The van der Waals surface area contributed by atoms with Crippen LogP contribution in [0.1, 0.15) is 41.0 Å². The van der Waals surface area contributed by atoms with Crippen LogP contribution in [0, 0.1) is 5.92 Å². The van der Waals surface area contributed by atoms with Crippen molar-refractivity contribution in [1.29, 1.82) is 0 Å². The molecular weight excluding hydrogens is 224 g/mol. The molecule has 4 heteroatoms. The van der Waals surface area contributed by atoms with Crippen LogP contribution in [-0.4, -0.2) is 33.3 Å². The molecule has 0 radical (unpaired) electrons. The van der Waals surface area contributed by atoms with Gasteiger partial charge in [-0.1, -0.05) is 32.5 Å². The summed E-state index contributed by atoms with van der Waals surface area (Å²) < 4.78 is 5.45. The number of hydrogen-bond acceptors (Lipinski definition) is 4. The van der Waals surface area contributed by atoms with Gasteiger partial charge in [-0.25, -0.2) is 0 Å². The third-order valence-corrected chi connectivity index (χ3v) is 3.78. The topological polar surface area (TPSA) is 46.5 Å². The van der Waals surface area contributed by atoms with Crippen molar-refractivity contribution in [2.75, 3.05) is 6.61 Å². The van der Waals surface area contributed by atoms with Crippen LogP contribution in [0.3, 0.4) is 0 Å². The Bertz CT molecular complexity index is 268. The molecule has 1 heterocycles. The average Bonchev–Trinajstić information content (AvgIpc) is 2.06. The molecule has 0 aromatic heterocycles. The highest BCUT2D eigenvalue weighted by atomic mass is 32.2. The normalized spacial score (nSPS) is 30.1. The maximum atomic E-state index is 12.1. The Morgan fingerprint density at radius 3 is 2.50 bits per heavy atom. The number of carbonyl (C=O) groups excluding carboxylic acids is 1. The predicted octanol–water partition coefficient (Wildman–Crippen LogP) is 2.22. The lowest BCUT2D eigenvalue weighted by Crippen LogP contribution is -2.47. The second-order valence-electron chi connectivity index (χ2n) is 5.89. The molecule has 0 aromatic carbocycles. The molecule has 0 amide bonds. The van der Waals surface area contributed by atoms with Crippen molar-refractivity contribution in [3.05, 3.63) is 0 Å². The molecule has 16 heavy (non-hydrogen) atoms. The Morgan fingerprint density at radius 2 is 2.00 bits per heavy atom. The SMILES string of the molecule is CC(C)(C)SC(=O)[C@@H]1C[C@H](O)COC1(C)C. The molecule has 1 rings (SSSR count). The lowest BCUT2D eigenvalue weighted by atomic mass is 9.85. The summed E-state index contributed by atoms with van der Waals surface area (Å²) in [6.45, 7) is 10.2. The summed E-state index contributed by atoms with van der Waals surface area (Å²) in [5.41, 5.74) is -0.464. The molecule has 1 N–H and O–H groups in total. The van der Waals surface area contributed by atoms with Crippen molar-refractivity contribution in [2.45, 2.75) is 57.5 Å². The molecule has 0 unspecified atom stereocenters. The molecule has 1 aliphatic heterocycles. The molecule has 0 aliphatic carbocycles. The summed E-state index contributed by atoms with van der Waals surface area (Å²) >= 11 is 1.34. The number of hydrogen-bond donors (Lipinski definition) is 1. The van der Waals surface area contributed by atoms with E-state index in [0.29, 0.717) is 13.0 Å². The van der Waals surface area contributed by atoms with Crippen molar-refractivity contribution in [1.82, 2.24) is 0 Å². The Labute approximate surface area is 102 Å². The van der Waals surface area contributed by atoms with Crippen LogP contribution in [-0.2, 0) is 9.53 Å². The maximum absolute atomic E-state index is 12.1. The predicted molar refractivity (Wildman–Crippen MR) is 66.5 cm³/mol. The van der Waals surface area contributed by atoms with Gasteiger partial charge in [0.25, 0.3) is 0 Å². The standard InChI is InChI=1S/C12H22O3S/c1-11(2,3)16-10(14)9-6-8(13)7-15-12(9,4)5/h8-9,13H,6-7H2,1-5H3/t8-,9-/m0/s1. The van der Waals surface area contributed by atoms with Gasteiger partial charge in [-0.05, 0) is 20.3 Å². The van der Waals surface area contributed by atoms with Gasteiger partial charge in [0.2, 0.25) is 0 Å². The first-order valence-corrected chi connectivity index (χ1v) is 6.48. The van der Waals surface area contributed by atoms with Crippen LogP contribution < -0.4 is 0 Å². The summed E-state index contributed by atoms with van der Waals surface area (Å²) in [6, 6.07) is 0. The molecule has 1 fully saturated rings. The van der Waals surface area contributed by atoms with Crippen LogP contribution >= 0.6 is 11.8 Å². The molecule has 94 valence electrons. The van der Waals surface area contributed by atoms with E-state index < -0.39 is 11.7 Å². The van der Waals surface area contributed by atoms with Crippen LogP contribution in [0.25, 0.3) is 0 Å². The van der Waals surface area contributed by atoms with Gasteiger partial charge in [0.1, 0.15) is 0 Å². The number of ether oxygens (including phenoxy) is 1. The zero-order chi connectivity index (χ0) is 12.6. The fourth-order valence-corrected chi connectivity index (χ4v) is 2.91. The van der Waals surface area contributed by atoms with Gasteiger partial charge in [0.05, 0.1) is 24.2 Å². The minimum atomic E-state index is -0.512. The highest BCUT2D eigenvalue weighted by Crippen LogP contribution is 2.37. The van der Waals surface area contributed by atoms with E-state index in [1.54, 1.807) is 0 Å². The number of carbonyl (C=O) groups is 1. The van der Waals surface area contributed by atoms with Crippen molar-refractivity contribution in [3.63, 3.8) is 0 Å². The molecule has 0 saturated carbocycles. The molecule has 0 aromatic rings. The van der Waals surface area contributed by atoms with Crippen molar-refractivity contribution < 1.29 is 14.6 Å². The zero-order valence-corrected chi connectivity index (χ0v) is 11.6. The van der Waals surface area contributed by atoms with E-state index in [1.165, 1.54) is 11.8 Å². The number of aliphatic hydroxyl groups excluding tert-OH is 1. The van der Waals surface area contributed by atoms with E-state index in [4.69, 9.17) is 4.74 Å². The third-order valence-electron chi connectivity index (χ3n) is 2.69. The molecule has 0 bridgehead atoms. The highest BCUT2D eigenvalue weighted by molar-refractivity contribution is 8.14.